The molecule has 0 bridgehead atoms. The molecule has 0 amide bonds. The minimum Gasteiger partial charge on any atom is -0.497 e. The number of rotatable bonds is 6. The van der Waals surface area contributed by atoms with Crippen LogP contribution in [0.25, 0.3) is 28.0 Å². The molecule has 5 rings (SSSR count). The van der Waals surface area contributed by atoms with Crippen molar-refractivity contribution in [2.45, 2.75) is 19.8 Å². The number of piperidine rings is 1. The molecule has 1 fully saturated rings. The van der Waals surface area contributed by atoms with E-state index in [1.54, 1.807) is 11.8 Å². The van der Waals surface area contributed by atoms with E-state index in [4.69, 9.17) is 30.3 Å². The van der Waals surface area contributed by atoms with Crippen LogP contribution in [0.4, 0.5) is 11.8 Å². The average molecular weight is 473 g/mol. The van der Waals surface area contributed by atoms with Crippen LogP contribution >= 0.6 is 0 Å². The fraction of sp³-hybridized carbons (Fsp3) is 0.308. The van der Waals surface area contributed by atoms with Crippen LogP contribution in [0.3, 0.4) is 0 Å². The zero-order chi connectivity index (χ0) is 24.4. The lowest BCUT2D eigenvalue weighted by atomic mass is 9.98. The molecule has 1 unspecified atom stereocenters. The summed E-state index contributed by atoms with van der Waals surface area (Å²) in [6, 6.07) is 17.4. The summed E-state index contributed by atoms with van der Waals surface area (Å²) >= 11 is 0. The van der Waals surface area contributed by atoms with Crippen molar-refractivity contribution in [2.75, 3.05) is 37.4 Å². The lowest BCUT2D eigenvalue weighted by molar-refractivity contribution is -0.148. The Bertz CT molecular complexity index is 1340. The second-order valence-electron chi connectivity index (χ2n) is 8.47. The van der Waals surface area contributed by atoms with Gasteiger partial charge in [-0.15, -0.1) is 5.10 Å². The third-order valence-electron chi connectivity index (χ3n) is 6.25. The number of nitrogen functional groups attached to an aromatic ring is 1. The Balaban J connectivity index is 1.61. The summed E-state index contributed by atoms with van der Waals surface area (Å²) in [5, 5.41) is 5.43. The summed E-state index contributed by atoms with van der Waals surface area (Å²) in [5.41, 5.74) is 9.54. The van der Waals surface area contributed by atoms with Crippen molar-refractivity contribution in [1.82, 2.24) is 19.7 Å². The highest BCUT2D eigenvalue weighted by atomic mass is 16.5. The van der Waals surface area contributed by atoms with Crippen LogP contribution in [0.5, 0.6) is 5.75 Å². The highest BCUT2D eigenvalue weighted by Gasteiger charge is 2.29. The van der Waals surface area contributed by atoms with Gasteiger partial charge in [-0.3, -0.25) is 4.79 Å². The number of carbonyl (C=O) groups is 1. The number of methoxy groups -OCH3 is 1. The predicted molar refractivity (Wildman–Crippen MR) is 135 cm³/mol. The van der Waals surface area contributed by atoms with E-state index in [2.05, 4.69) is 0 Å². The largest absolute Gasteiger partial charge is 0.497 e. The third-order valence-corrected chi connectivity index (χ3v) is 6.25. The quantitative estimate of drug-likeness (QED) is 0.422. The average Bonchev–Trinajstić information content (AvgIpc) is 3.25. The van der Waals surface area contributed by atoms with Gasteiger partial charge in [0.05, 0.1) is 36.4 Å². The van der Waals surface area contributed by atoms with Crippen molar-refractivity contribution >= 4 is 28.8 Å². The molecule has 1 atom stereocenters. The van der Waals surface area contributed by atoms with Gasteiger partial charge in [-0.05, 0) is 44.0 Å². The summed E-state index contributed by atoms with van der Waals surface area (Å²) < 4.78 is 12.2. The number of aromatic nitrogens is 4. The van der Waals surface area contributed by atoms with Crippen molar-refractivity contribution < 1.29 is 14.3 Å². The normalized spacial score (nSPS) is 15.8. The number of esters is 1. The van der Waals surface area contributed by atoms with Crippen LogP contribution in [-0.4, -0.2) is 52.5 Å². The van der Waals surface area contributed by atoms with Crippen LogP contribution < -0.4 is 15.4 Å². The lowest BCUT2D eigenvalue weighted by Crippen LogP contribution is -2.40. The highest BCUT2D eigenvalue weighted by Crippen LogP contribution is 2.34. The van der Waals surface area contributed by atoms with Gasteiger partial charge in [-0.1, -0.05) is 30.3 Å². The number of anilines is 2. The monoisotopic (exact) mass is 472 g/mol. The van der Waals surface area contributed by atoms with Crippen molar-refractivity contribution in [3.05, 3.63) is 54.6 Å². The summed E-state index contributed by atoms with van der Waals surface area (Å²) in [7, 11) is 1.63. The standard InChI is InChI=1S/C26H28N6O3/c1-3-35-25(33)18-10-7-15-31(16-18)26-28-22(17-8-5-4-6-9-17)21-23(27)32(30-24(21)29-26)19-11-13-20(34-2)14-12-19/h4-6,8-9,11-14,18H,3,7,10,15-16,27H2,1-2H3. The molecule has 1 saturated heterocycles. The number of benzene rings is 2. The first-order valence-corrected chi connectivity index (χ1v) is 11.8. The second kappa shape index (κ2) is 9.61. The molecule has 3 heterocycles. The molecule has 2 aromatic carbocycles. The number of fused-ring (bicyclic) bond motifs is 1. The Morgan fingerprint density at radius 3 is 2.60 bits per heavy atom. The third kappa shape index (κ3) is 4.37. The van der Waals surface area contributed by atoms with E-state index in [9.17, 15) is 4.79 Å². The second-order valence-corrected chi connectivity index (χ2v) is 8.47. The van der Waals surface area contributed by atoms with Crippen molar-refractivity contribution in [2.24, 2.45) is 5.92 Å². The van der Waals surface area contributed by atoms with Gasteiger partial charge in [0.2, 0.25) is 5.95 Å². The maximum atomic E-state index is 12.4. The van der Waals surface area contributed by atoms with E-state index in [0.29, 0.717) is 41.6 Å². The minimum atomic E-state index is -0.204. The highest BCUT2D eigenvalue weighted by molar-refractivity contribution is 5.99. The zero-order valence-corrected chi connectivity index (χ0v) is 19.8. The number of ether oxygens (including phenoxy) is 2. The first-order valence-electron chi connectivity index (χ1n) is 11.8. The van der Waals surface area contributed by atoms with Gasteiger partial charge in [0.25, 0.3) is 0 Å². The van der Waals surface area contributed by atoms with Crippen LogP contribution in [0.1, 0.15) is 19.8 Å². The summed E-state index contributed by atoms with van der Waals surface area (Å²) in [4.78, 5) is 24.2. The molecule has 35 heavy (non-hydrogen) atoms. The van der Waals surface area contributed by atoms with Crippen LogP contribution in [-0.2, 0) is 9.53 Å². The molecular formula is C26H28N6O3. The van der Waals surface area contributed by atoms with Crippen LogP contribution in [0, 0.1) is 5.92 Å². The summed E-state index contributed by atoms with van der Waals surface area (Å²) in [6.07, 6.45) is 1.65. The molecule has 1 aliphatic rings. The van der Waals surface area contributed by atoms with Gasteiger partial charge < -0.3 is 20.1 Å². The van der Waals surface area contributed by atoms with E-state index in [0.717, 1.165) is 36.4 Å². The summed E-state index contributed by atoms with van der Waals surface area (Å²) in [5.74, 6) is 1.36. The smallest absolute Gasteiger partial charge is 0.310 e. The molecule has 2 aromatic heterocycles. The lowest BCUT2D eigenvalue weighted by Gasteiger charge is -2.31. The van der Waals surface area contributed by atoms with Crippen molar-refractivity contribution in [3.8, 4) is 22.7 Å². The number of nitrogens with zero attached hydrogens (tertiary/aromatic N) is 5. The summed E-state index contributed by atoms with van der Waals surface area (Å²) in [6.45, 7) is 3.46. The first-order chi connectivity index (χ1) is 17.1. The number of hydrogen-bond acceptors (Lipinski definition) is 8. The van der Waals surface area contributed by atoms with Gasteiger partial charge in [0.15, 0.2) is 5.65 Å². The molecule has 9 heteroatoms. The fourth-order valence-electron chi connectivity index (χ4n) is 4.48. The predicted octanol–water partition coefficient (Wildman–Crippen LogP) is 3.85. The maximum absolute atomic E-state index is 12.4. The van der Waals surface area contributed by atoms with Gasteiger partial charge >= 0.3 is 5.97 Å². The molecule has 0 radical (unpaired) electrons. The SMILES string of the molecule is CCOC(=O)C1CCCN(c2nc(-c3ccccc3)c3c(N)n(-c4ccc(OC)cc4)nc3n2)C1. The number of carbonyl (C=O) groups excluding carboxylic acids is 1. The van der Waals surface area contributed by atoms with Gasteiger partial charge in [-0.25, -0.2) is 9.67 Å². The molecule has 4 aromatic rings. The van der Waals surface area contributed by atoms with E-state index in [1.807, 2.05) is 66.4 Å². The molecular weight excluding hydrogens is 444 g/mol. The Kier molecular flexibility index (Phi) is 6.22. The molecule has 0 aliphatic carbocycles. The Morgan fingerprint density at radius 1 is 1.11 bits per heavy atom. The van der Waals surface area contributed by atoms with Crippen LogP contribution in [0.2, 0.25) is 0 Å². The van der Waals surface area contributed by atoms with E-state index >= 15 is 0 Å². The number of nitrogens with two attached hydrogens (primary N) is 1. The Labute approximate surface area is 203 Å². The van der Waals surface area contributed by atoms with E-state index in [1.165, 1.54) is 0 Å². The van der Waals surface area contributed by atoms with Crippen molar-refractivity contribution in [1.29, 1.82) is 0 Å². The van der Waals surface area contributed by atoms with Gasteiger partial charge in [0.1, 0.15) is 11.6 Å². The van der Waals surface area contributed by atoms with Crippen molar-refractivity contribution in [3.63, 3.8) is 0 Å². The Morgan fingerprint density at radius 2 is 1.89 bits per heavy atom. The molecule has 1 aliphatic heterocycles. The zero-order valence-electron chi connectivity index (χ0n) is 19.8. The van der Waals surface area contributed by atoms with E-state index < -0.39 is 0 Å². The number of hydrogen-bond donors (Lipinski definition) is 1. The first kappa shape index (κ1) is 22.6. The van der Waals surface area contributed by atoms with Crippen LogP contribution in [0.15, 0.2) is 54.6 Å². The topological polar surface area (TPSA) is 108 Å². The van der Waals surface area contributed by atoms with Gasteiger partial charge in [-0.2, -0.15) is 4.98 Å². The fourth-order valence-corrected chi connectivity index (χ4v) is 4.48. The maximum Gasteiger partial charge on any atom is 0.310 e. The molecule has 0 saturated carbocycles. The Hall–Kier alpha value is -4.14. The molecule has 2 N–H and O–H groups in total. The molecule has 9 nitrogen and oxygen atoms in total. The molecule has 180 valence electrons. The minimum absolute atomic E-state index is 0.172. The van der Waals surface area contributed by atoms with E-state index in [-0.39, 0.29) is 11.9 Å². The van der Waals surface area contributed by atoms with Gasteiger partial charge in [0, 0.05) is 18.7 Å². The molecule has 0 spiro atoms.